The van der Waals surface area contributed by atoms with E-state index >= 15 is 0 Å². The second-order valence-corrected chi connectivity index (χ2v) is 8.01. The second kappa shape index (κ2) is 9.51. The molecule has 0 aromatic carbocycles. The Labute approximate surface area is 163 Å². The van der Waals surface area contributed by atoms with Gasteiger partial charge in [0.05, 0.1) is 12.9 Å². The molecule has 2 aromatic heterocycles. The molecular weight excluding hydrogens is 438 g/mol. The van der Waals surface area contributed by atoms with Gasteiger partial charge < -0.3 is 41.3 Å². The fraction of sp³-hybridized carbons (Fsp3) is 0.545. The third kappa shape index (κ3) is 6.21. The minimum atomic E-state index is -4.87. The first-order valence-corrected chi connectivity index (χ1v) is 10.6. The highest BCUT2D eigenvalue weighted by atomic mass is 31.2. The largest absolute Gasteiger partial charge is 0.469 e. The van der Waals surface area contributed by atoms with E-state index in [4.69, 9.17) is 28.8 Å². The summed E-state index contributed by atoms with van der Waals surface area (Å²) in [5, 5.41) is 2.86. The molecule has 0 saturated carbocycles. The second-order valence-electron chi connectivity index (χ2n) is 5.58. The van der Waals surface area contributed by atoms with Crippen molar-refractivity contribution in [3.05, 3.63) is 12.7 Å². The minimum absolute atomic E-state index is 0. The maximum Gasteiger partial charge on any atom is 0.469 e. The van der Waals surface area contributed by atoms with Gasteiger partial charge in [-0.3, -0.25) is 13.6 Å². The van der Waals surface area contributed by atoms with Gasteiger partial charge >= 0.3 is 15.6 Å². The predicted octanol–water partition coefficient (Wildman–Crippen LogP) is -0.920. The highest BCUT2D eigenvalue weighted by Gasteiger charge is 2.42. The normalized spacial score (nSPS) is 22.2. The van der Waals surface area contributed by atoms with Crippen LogP contribution < -0.4 is 11.5 Å². The van der Waals surface area contributed by atoms with Gasteiger partial charge in [0.1, 0.15) is 30.3 Å². The first-order valence-electron chi connectivity index (χ1n) is 7.52. The van der Waals surface area contributed by atoms with Crippen LogP contribution in [0.4, 0.5) is 5.82 Å². The van der Waals surface area contributed by atoms with Crippen LogP contribution in [0.5, 0.6) is 0 Å². The number of nitrogens with zero attached hydrogens (tertiary/aromatic N) is 4. The average Bonchev–Trinajstić information content (AvgIpc) is 3.14. The number of hydrogen-bond donors (Lipinski definition) is 6. The van der Waals surface area contributed by atoms with Crippen LogP contribution in [0.1, 0.15) is 12.6 Å². The molecular formula is C11H22N6O10P2. The molecule has 166 valence electrons. The summed E-state index contributed by atoms with van der Waals surface area (Å²) in [7, 11) is -8.02. The zero-order valence-electron chi connectivity index (χ0n) is 15.0. The maximum absolute atomic E-state index is 11.2. The number of ether oxygens (including phenoxy) is 1. The summed E-state index contributed by atoms with van der Waals surface area (Å²) in [6.07, 6.45) is -0.449. The summed E-state index contributed by atoms with van der Waals surface area (Å²) in [5.74, 6) is 0.473. The van der Waals surface area contributed by atoms with E-state index in [0.29, 0.717) is 17.0 Å². The van der Waals surface area contributed by atoms with Gasteiger partial charge in [0.2, 0.25) is 0 Å². The quantitative estimate of drug-likeness (QED) is 0.273. The maximum atomic E-state index is 11.2. The van der Waals surface area contributed by atoms with Crippen molar-refractivity contribution in [2.24, 2.45) is 0 Å². The van der Waals surface area contributed by atoms with Crippen molar-refractivity contribution in [3.63, 3.8) is 0 Å². The molecule has 3 rings (SSSR count). The molecule has 2 aromatic rings. The Morgan fingerprint density at radius 2 is 1.93 bits per heavy atom. The lowest BCUT2D eigenvalue weighted by atomic mass is 10.2. The molecule has 0 spiro atoms. The van der Waals surface area contributed by atoms with E-state index in [1.165, 1.54) is 17.2 Å². The summed E-state index contributed by atoms with van der Waals surface area (Å²) in [6, 6.07) is 0. The van der Waals surface area contributed by atoms with Gasteiger partial charge in [0, 0.05) is 13.5 Å². The van der Waals surface area contributed by atoms with Crippen LogP contribution >= 0.6 is 15.6 Å². The monoisotopic (exact) mass is 460 g/mol. The molecule has 18 heteroatoms. The van der Waals surface area contributed by atoms with Crippen LogP contribution in [0.25, 0.3) is 11.2 Å². The third-order valence-corrected chi connectivity index (χ3v) is 4.80. The van der Waals surface area contributed by atoms with Gasteiger partial charge in [-0.25, -0.2) is 24.1 Å². The van der Waals surface area contributed by atoms with Crippen molar-refractivity contribution in [2.75, 3.05) is 19.0 Å². The molecule has 29 heavy (non-hydrogen) atoms. The van der Waals surface area contributed by atoms with Crippen molar-refractivity contribution in [1.82, 2.24) is 25.7 Å². The van der Waals surface area contributed by atoms with E-state index in [1.807, 2.05) is 0 Å². The van der Waals surface area contributed by atoms with Crippen molar-refractivity contribution in [3.8, 4) is 0 Å². The molecule has 10 N–H and O–H groups in total. The molecule has 0 aliphatic carbocycles. The molecule has 16 nitrogen and oxygen atoms in total. The first-order chi connectivity index (χ1) is 12.6. The van der Waals surface area contributed by atoms with Crippen LogP contribution in [0.15, 0.2) is 12.7 Å². The Hall–Kier alpha value is -1.55. The highest BCUT2D eigenvalue weighted by molar-refractivity contribution is 7.46. The van der Waals surface area contributed by atoms with Crippen molar-refractivity contribution in [1.29, 1.82) is 0 Å². The Kier molecular flexibility index (Phi) is 8.36. The minimum Gasteiger partial charge on any atom is -0.412 e. The van der Waals surface area contributed by atoms with E-state index in [1.54, 1.807) is 7.05 Å². The molecule has 3 heterocycles. The van der Waals surface area contributed by atoms with Crippen molar-refractivity contribution < 1.29 is 48.0 Å². The standard InChI is InChI=1S/C11H17N5O9P2.H3N.H2O/c1-12-10-9-11(14-4-13-10)16(5-15-9)8-2-6(25-27(20,21)22)7(24-8)3-23-26(17,18)19;;/h4-8H,2-3H2,1H3,(H,12,13,14)(H2,17,18,19)(H2,20,21,22);1H3;1H2/t6-,7+,8+;;/m0../s1. The number of fused-ring (bicyclic) bond motifs is 1. The topological polar surface area (TPSA) is 265 Å². The predicted molar refractivity (Wildman–Crippen MR) is 96.9 cm³/mol. The SMILES string of the molecule is CNc1ncnc2c1ncn2[C@H]1C[C@H](OP(=O)(O)O)[C@@H](COP(=O)(O)O)O1.N.O. The molecule has 1 aliphatic rings. The van der Waals surface area contributed by atoms with E-state index in [0.717, 1.165) is 0 Å². The lowest BCUT2D eigenvalue weighted by Crippen LogP contribution is -2.28. The van der Waals surface area contributed by atoms with Crippen molar-refractivity contribution in [2.45, 2.75) is 24.9 Å². The highest BCUT2D eigenvalue weighted by Crippen LogP contribution is 2.45. The fourth-order valence-electron chi connectivity index (χ4n) is 2.72. The zero-order valence-corrected chi connectivity index (χ0v) is 16.8. The number of anilines is 1. The number of rotatable bonds is 7. The summed E-state index contributed by atoms with van der Waals surface area (Å²) in [4.78, 5) is 48.2. The van der Waals surface area contributed by atoms with Gasteiger partial charge in [-0.15, -0.1) is 0 Å². The summed E-state index contributed by atoms with van der Waals surface area (Å²) in [5.41, 5.74) is 0.844. The molecule has 1 fully saturated rings. The average molecular weight is 460 g/mol. The van der Waals surface area contributed by atoms with Gasteiger partial charge in [-0.1, -0.05) is 0 Å². The molecule has 1 saturated heterocycles. The molecule has 0 bridgehead atoms. The van der Waals surface area contributed by atoms with Crippen LogP contribution in [0.3, 0.4) is 0 Å². The van der Waals surface area contributed by atoms with E-state index in [9.17, 15) is 9.13 Å². The molecule has 0 radical (unpaired) electrons. The van der Waals surface area contributed by atoms with Gasteiger partial charge in [0.15, 0.2) is 11.5 Å². The van der Waals surface area contributed by atoms with Gasteiger partial charge in [-0.05, 0) is 0 Å². The number of hydrogen-bond acceptors (Lipinski definition) is 10. The number of nitrogens with one attached hydrogen (secondary N) is 1. The van der Waals surface area contributed by atoms with Crippen molar-refractivity contribution >= 4 is 32.6 Å². The molecule has 0 unspecified atom stereocenters. The molecule has 3 atom stereocenters. The zero-order chi connectivity index (χ0) is 19.8. The third-order valence-electron chi connectivity index (χ3n) is 3.77. The Balaban J connectivity index is 0.00000210. The van der Waals surface area contributed by atoms with Crippen LogP contribution in [-0.2, 0) is 22.9 Å². The number of imidazole rings is 1. The van der Waals surface area contributed by atoms with E-state index in [-0.39, 0.29) is 18.0 Å². The molecule has 0 amide bonds. The Morgan fingerprint density at radius 3 is 2.52 bits per heavy atom. The van der Waals surface area contributed by atoms with Gasteiger partial charge in [-0.2, -0.15) is 0 Å². The van der Waals surface area contributed by atoms with Crippen LogP contribution in [0, 0.1) is 0 Å². The number of phosphoric ester groups is 2. The van der Waals surface area contributed by atoms with Crippen LogP contribution in [0.2, 0.25) is 0 Å². The van der Waals surface area contributed by atoms with Gasteiger partial charge in [0.25, 0.3) is 0 Å². The van der Waals surface area contributed by atoms with Crippen LogP contribution in [-0.4, -0.2) is 70.4 Å². The van der Waals surface area contributed by atoms with E-state index < -0.39 is 40.7 Å². The molecule has 1 aliphatic heterocycles. The first kappa shape index (κ1) is 25.5. The van der Waals surface area contributed by atoms with E-state index in [2.05, 4.69) is 24.8 Å². The Bertz CT molecular complexity index is 915. The lowest BCUT2D eigenvalue weighted by Gasteiger charge is -2.19. The number of phosphoric acid groups is 2. The number of aromatic nitrogens is 4. The summed E-state index contributed by atoms with van der Waals surface area (Å²) in [6.45, 7) is -0.630. The fourth-order valence-corrected chi connectivity index (χ4v) is 3.64. The summed E-state index contributed by atoms with van der Waals surface area (Å²) < 4.78 is 38.4. The lowest BCUT2D eigenvalue weighted by molar-refractivity contribution is -0.0417. The summed E-state index contributed by atoms with van der Waals surface area (Å²) >= 11 is 0. The Morgan fingerprint density at radius 1 is 1.24 bits per heavy atom. The smallest absolute Gasteiger partial charge is 0.412 e.